The van der Waals surface area contributed by atoms with E-state index in [2.05, 4.69) is 60.5 Å². The summed E-state index contributed by atoms with van der Waals surface area (Å²) in [5.74, 6) is 0.920. The third-order valence-corrected chi connectivity index (χ3v) is 4.91. The van der Waals surface area contributed by atoms with Crippen LogP contribution < -0.4 is 5.32 Å². The van der Waals surface area contributed by atoms with Gasteiger partial charge in [0.15, 0.2) is 0 Å². The number of benzene rings is 2. The van der Waals surface area contributed by atoms with E-state index in [4.69, 9.17) is 0 Å². The number of carbonyl (C=O) groups is 1. The third kappa shape index (κ3) is 3.91. The quantitative estimate of drug-likeness (QED) is 0.933. The van der Waals surface area contributed by atoms with Crippen LogP contribution in [0.25, 0.3) is 10.8 Å². The third-order valence-electron chi connectivity index (χ3n) is 4.91. The first-order chi connectivity index (χ1) is 11.1. The molecule has 2 aromatic rings. The lowest BCUT2D eigenvalue weighted by molar-refractivity contribution is -0.123. The maximum atomic E-state index is 12.4. The number of piperidine rings is 1. The van der Waals surface area contributed by atoms with Gasteiger partial charge < -0.3 is 5.32 Å². The van der Waals surface area contributed by atoms with E-state index in [9.17, 15) is 4.79 Å². The van der Waals surface area contributed by atoms with Gasteiger partial charge in [0.2, 0.25) is 5.91 Å². The molecule has 23 heavy (non-hydrogen) atoms. The molecule has 1 heterocycles. The molecule has 0 aromatic heterocycles. The van der Waals surface area contributed by atoms with Gasteiger partial charge in [-0.3, -0.25) is 9.69 Å². The molecule has 0 bridgehead atoms. The zero-order valence-corrected chi connectivity index (χ0v) is 14.1. The van der Waals surface area contributed by atoms with Crippen LogP contribution in [-0.2, 0) is 4.79 Å². The highest BCUT2D eigenvalue weighted by Crippen LogP contribution is 2.24. The van der Waals surface area contributed by atoms with E-state index in [0.29, 0.717) is 6.54 Å². The van der Waals surface area contributed by atoms with Gasteiger partial charge in [-0.05, 0) is 55.1 Å². The summed E-state index contributed by atoms with van der Waals surface area (Å²) in [4.78, 5) is 14.6. The van der Waals surface area contributed by atoms with Crippen LogP contribution in [0.5, 0.6) is 0 Å². The van der Waals surface area contributed by atoms with Crippen molar-refractivity contribution in [2.45, 2.75) is 32.7 Å². The van der Waals surface area contributed by atoms with Gasteiger partial charge in [-0.2, -0.15) is 0 Å². The molecule has 1 atom stereocenters. The van der Waals surface area contributed by atoms with Gasteiger partial charge in [-0.15, -0.1) is 0 Å². The van der Waals surface area contributed by atoms with Gasteiger partial charge in [0, 0.05) is 0 Å². The van der Waals surface area contributed by atoms with Crippen molar-refractivity contribution in [1.29, 1.82) is 0 Å². The molecule has 0 aliphatic carbocycles. The second-order valence-electron chi connectivity index (χ2n) is 6.82. The highest BCUT2D eigenvalue weighted by molar-refractivity contribution is 5.87. The molecule has 0 radical (unpaired) electrons. The number of carbonyl (C=O) groups excluding carboxylic acids is 1. The fraction of sp³-hybridized carbons (Fsp3) is 0.450. The van der Waals surface area contributed by atoms with E-state index >= 15 is 0 Å². The summed E-state index contributed by atoms with van der Waals surface area (Å²) in [7, 11) is 0. The molecule has 122 valence electrons. The highest BCUT2D eigenvalue weighted by Gasteiger charge is 2.19. The maximum Gasteiger partial charge on any atom is 0.234 e. The summed E-state index contributed by atoms with van der Waals surface area (Å²) in [5.41, 5.74) is 1.18. The van der Waals surface area contributed by atoms with Crippen molar-refractivity contribution in [2.24, 2.45) is 5.92 Å². The molecule has 1 saturated heterocycles. The molecule has 0 saturated carbocycles. The minimum absolute atomic E-state index is 0.0253. The van der Waals surface area contributed by atoms with E-state index < -0.39 is 0 Å². The number of hydrogen-bond donors (Lipinski definition) is 1. The van der Waals surface area contributed by atoms with Crippen molar-refractivity contribution in [3.05, 3.63) is 48.0 Å². The summed E-state index contributed by atoms with van der Waals surface area (Å²) >= 11 is 0. The number of rotatable bonds is 4. The summed E-state index contributed by atoms with van der Waals surface area (Å²) < 4.78 is 0. The Morgan fingerprint density at radius 3 is 2.65 bits per heavy atom. The Labute approximate surface area is 138 Å². The molecule has 1 aliphatic heterocycles. The van der Waals surface area contributed by atoms with Gasteiger partial charge >= 0.3 is 0 Å². The van der Waals surface area contributed by atoms with Crippen LogP contribution in [0.3, 0.4) is 0 Å². The normalized spacial score (nSPS) is 18.0. The van der Waals surface area contributed by atoms with E-state index in [-0.39, 0.29) is 11.9 Å². The van der Waals surface area contributed by atoms with Gasteiger partial charge in [0.1, 0.15) is 0 Å². The van der Waals surface area contributed by atoms with Crippen LogP contribution in [0, 0.1) is 5.92 Å². The van der Waals surface area contributed by atoms with Crippen molar-refractivity contribution in [3.8, 4) is 0 Å². The van der Waals surface area contributed by atoms with Gasteiger partial charge in [-0.25, -0.2) is 0 Å². The van der Waals surface area contributed by atoms with Gasteiger partial charge in [-0.1, -0.05) is 49.4 Å². The molecule has 3 heteroatoms. The van der Waals surface area contributed by atoms with Crippen molar-refractivity contribution < 1.29 is 4.79 Å². The molecular weight excluding hydrogens is 284 g/mol. The first-order valence-corrected chi connectivity index (χ1v) is 8.63. The molecule has 1 aliphatic rings. The first kappa shape index (κ1) is 16.0. The van der Waals surface area contributed by atoms with Crippen molar-refractivity contribution in [3.63, 3.8) is 0 Å². The fourth-order valence-corrected chi connectivity index (χ4v) is 3.42. The second-order valence-corrected chi connectivity index (χ2v) is 6.82. The van der Waals surface area contributed by atoms with Crippen molar-refractivity contribution in [2.75, 3.05) is 19.6 Å². The molecular formula is C20H26N2O. The standard InChI is InChI=1S/C20H26N2O/c1-15-10-12-22(13-11-15)14-20(23)21-16(2)18-9-5-7-17-6-3-4-8-19(17)18/h3-9,15-16H,10-14H2,1-2H3,(H,21,23)/t16-/m1/s1. The minimum Gasteiger partial charge on any atom is -0.348 e. The van der Waals surface area contributed by atoms with E-state index in [1.807, 2.05) is 6.07 Å². The maximum absolute atomic E-state index is 12.4. The van der Waals surface area contributed by atoms with Crippen LogP contribution >= 0.6 is 0 Å². The van der Waals surface area contributed by atoms with Crippen LogP contribution in [0.4, 0.5) is 0 Å². The Hall–Kier alpha value is -1.87. The monoisotopic (exact) mass is 310 g/mol. The number of hydrogen-bond acceptors (Lipinski definition) is 2. The Morgan fingerprint density at radius 1 is 1.17 bits per heavy atom. The zero-order valence-electron chi connectivity index (χ0n) is 14.1. The van der Waals surface area contributed by atoms with Crippen LogP contribution in [0.1, 0.15) is 38.3 Å². The molecule has 0 unspecified atom stereocenters. The molecule has 3 nitrogen and oxygen atoms in total. The predicted octanol–water partition coefficient (Wildman–Crippen LogP) is 3.75. The lowest BCUT2D eigenvalue weighted by atomic mass is 9.99. The summed E-state index contributed by atoms with van der Waals surface area (Å²) in [6.07, 6.45) is 2.40. The number of nitrogens with zero attached hydrogens (tertiary/aromatic N) is 1. The molecule has 1 fully saturated rings. The topological polar surface area (TPSA) is 32.3 Å². The molecule has 1 N–H and O–H groups in total. The average Bonchev–Trinajstić information content (AvgIpc) is 2.56. The van der Waals surface area contributed by atoms with Crippen LogP contribution in [0.2, 0.25) is 0 Å². The Kier molecular flexibility index (Phi) is 4.97. The lowest BCUT2D eigenvalue weighted by Gasteiger charge is -2.30. The summed E-state index contributed by atoms with van der Waals surface area (Å²) in [6, 6.07) is 14.6. The SMILES string of the molecule is CC1CCN(CC(=O)N[C@H](C)c2cccc3ccccc23)CC1. The zero-order chi connectivity index (χ0) is 16.2. The number of likely N-dealkylation sites (tertiary alicyclic amines) is 1. The average molecular weight is 310 g/mol. The van der Waals surface area contributed by atoms with E-state index in [1.54, 1.807) is 0 Å². The van der Waals surface area contributed by atoms with Crippen molar-refractivity contribution >= 4 is 16.7 Å². The van der Waals surface area contributed by atoms with Crippen LogP contribution in [-0.4, -0.2) is 30.4 Å². The minimum atomic E-state index is 0.0253. The van der Waals surface area contributed by atoms with E-state index in [0.717, 1.165) is 19.0 Å². The number of nitrogens with one attached hydrogen (secondary N) is 1. The number of amides is 1. The first-order valence-electron chi connectivity index (χ1n) is 8.63. The highest BCUT2D eigenvalue weighted by atomic mass is 16.2. The van der Waals surface area contributed by atoms with E-state index in [1.165, 1.54) is 29.2 Å². The van der Waals surface area contributed by atoms with Gasteiger partial charge in [0.05, 0.1) is 12.6 Å². The smallest absolute Gasteiger partial charge is 0.234 e. The summed E-state index contributed by atoms with van der Waals surface area (Å²) in [5, 5.41) is 5.60. The Morgan fingerprint density at radius 2 is 1.87 bits per heavy atom. The lowest BCUT2D eigenvalue weighted by Crippen LogP contribution is -2.41. The number of fused-ring (bicyclic) bond motifs is 1. The molecule has 1 amide bonds. The fourth-order valence-electron chi connectivity index (χ4n) is 3.42. The molecule has 2 aromatic carbocycles. The van der Waals surface area contributed by atoms with Crippen molar-refractivity contribution in [1.82, 2.24) is 10.2 Å². The Balaban J connectivity index is 1.64. The second kappa shape index (κ2) is 7.14. The van der Waals surface area contributed by atoms with Gasteiger partial charge in [0.25, 0.3) is 0 Å². The Bertz CT molecular complexity index is 669. The molecule has 0 spiro atoms. The summed E-state index contributed by atoms with van der Waals surface area (Å²) in [6.45, 7) is 6.95. The largest absolute Gasteiger partial charge is 0.348 e. The predicted molar refractivity (Wildman–Crippen MR) is 95.3 cm³/mol. The van der Waals surface area contributed by atoms with Crippen LogP contribution in [0.15, 0.2) is 42.5 Å². The molecule has 3 rings (SSSR count).